The second kappa shape index (κ2) is 9.11. The fraction of sp³-hybridized carbons (Fsp3) is 0.647. The first-order valence-electron chi connectivity index (χ1n) is 7.75. The minimum Gasteiger partial charge on any atom is -0.271 e. The Balaban J connectivity index is 2.82. The molecule has 3 N–H and O–H groups in total. The molecule has 0 aliphatic heterocycles. The summed E-state index contributed by atoms with van der Waals surface area (Å²) in [5, 5.41) is 0. The maximum absolute atomic E-state index is 5.84. The number of hydrogen-bond acceptors (Lipinski definition) is 2. The zero-order chi connectivity index (χ0) is 14.1. The van der Waals surface area contributed by atoms with Gasteiger partial charge in [0.05, 0.1) is 0 Å². The van der Waals surface area contributed by atoms with Crippen LogP contribution < -0.4 is 11.3 Å². The molecule has 19 heavy (non-hydrogen) atoms. The first-order chi connectivity index (χ1) is 9.24. The molecule has 1 aromatic rings. The average molecular weight is 262 g/mol. The normalized spacial score (nSPS) is 16.0. The number of nitrogens with one attached hydrogen (secondary N) is 1. The van der Waals surface area contributed by atoms with Crippen molar-refractivity contribution in [3.8, 4) is 0 Å². The lowest BCUT2D eigenvalue weighted by molar-refractivity contribution is 0.317. The average Bonchev–Trinajstić information content (AvgIpc) is 2.47. The minimum atomic E-state index is 0.379. The van der Waals surface area contributed by atoms with Crippen LogP contribution >= 0.6 is 0 Å². The fourth-order valence-corrected chi connectivity index (χ4v) is 2.87. The lowest BCUT2D eigenvalue weighted by Gasteiger charge is -2.31. The lowest BCUT2D eigenvalue weighted by atomic mass is 9.78. The van der Waals surface area contributed by atoms with E-state index in [1.807, 2.05) is 0 Å². The van der Waals surface area contributed by atoms with Crippen molar-refractivity contribution >= 4 is 0 Å². The topological polar surface area (TPSA) is 38.0 Å². The molecule has 0 heterocycles. The third-order valence-corrected chi connectivity index (χ3v) is 4.21. The monoisotopic (exact) mass is 262 g/mol. The number of hydrogen-bond donors (Lipinski definition) is 2. The van der Waals surface area contributed by atoms with Crippen molar-refractivity contribution < 1.29 is 0 Å². The molecule has 0 aliphatic rings. The first kappa shape index (κ1) is 16.2. The standard InChI is InChI=1S/C17H30N2/c1-4-6-8-13-16(19-18)17(14(3)5-2)15-11-9-7-10-12-15/h7,9-12,14,16-17,19H,4-6,8,13,18H2,1-3H3. The number of nitrogens with two attached hydrogens (primary N) is 1. The Bertz CT molecular complexity index is 323. The molecule has 0 saturated heterocycles. The van der Waals surface area contributed by atoms with Crippen LogP contribution in [0.5, 0.6) is 0 Å². The molecule has 0 radical (unpaired) electrons. The van der Waals surface area contributed by atoms with Gasteiger partial charge in [-0.2, -0.15) is 0 Å². The van der Waals surface area contributed by atoms with Gasteiger partial charge in [-0.1, -0.05) is 76.8 Å². The van der Waals surface area contributed by atoms with Crippen molar-refractivity contribution in [3.05, 3.63) is 35.9 Å². The van der Waals surface area contributed by atoms with Gasteiger partial charge in [0.15, 0.2) is 0 Å². The highest BCUT2D eigenvalue weighted by Crippen LogP contribution is 2.32. The van der Waals surface area contributed by atoms with Gasteiger partial charge in [-0.3, -0.25) is 11.3 Å². The van der Waals surface area contributed by atoms with Crippen LogP contribution in [0.2, 0.25) is 0 Å². The highest BCUT2D eigenvalue weighted by atomic mass is 15.2. The van der Waals surface area contributed by atoms with Crippen molar-refractivity contribution in [3.63, 3.8) is 0 Å². The van der Waals surface area contributed by atoms with Crippen molar-refractivity contribution in [1.29, 1.82) is 0 Å². The SMILES string of the molecule is CCCCCC(NN)C(c1ccccc1)C(C)CC. The summed E-state index contributed by atoms with van der Waals surface area (Å²) in [7, 11) is 0. The molecule has 0 fully saturated rings. The van der Waals surface area contributed by atoms with Crippen molar-refractivity contribution in [2.24, 2.45) is 11.8 Å². The molecule has 0 aliphatic carbocycles. The highest BCUT2D eigenvalue weighted by molar-refractivity contribution is 5.22. The quantitative estimate of drug-likeness (QED) is 0.397. The summed E-state index contributed by atoms with van der Waals surface area (Å²) in [6, 6.07) is 11.2. The maximum Gasteiger partial charge on any atom is 0.0281 e. The zero-order valence-corrected chi connectivity index (χ0v) is 12.7. The second-order valence-corrected chi connectivity index (χ2v) is 5.59. The smallest absolute Gasteiger partial charge is 0.0281 e. The molecule has 0 saturated carbocycles. The number of unbranched alkanes of at least 4 members (excludes halogenated alkanes) is 2. The molecule has 0 amide bonds. The van der Waals surface area contributed by atoms with Gasteiger partial charge in [-0.25, -0.2) is 0 Å². The number of hydrazine groups is 1. The summed E-state index contributed by atoms with van der Waals surface area (Å²) >= 11 is 0. The van der Waals surface area contributed by atoms with Crippen LogP contribution in [-0.4, -0.2) is 6.04 Å². The molecule has 3 unspecified atom stereocenters. The molecule has 0 spiro atoms. The van der Waals surface area contributed by atoms with Crippen LogP contribution in [-0.2, 0) is 0 Å². The number of benzene rings is 1. The second-order valence-electron chi connectivity index (χ2n) is 5.59. The molecule has 0 aromatic heterocycles. The van der Waals surface area contributed by atoms with E-state index in [-0.39, 0.29) is 0 Å². The molecular formula is C17H30N2. The van der Waals surface area contributed by atoms with E-state index in [1.54, 1.807) is 0 Å². The summed E-state index contributed by atoms with van der Waals surface area (Å²) in [5.41, 5.74) is 4.49. The third-order valence-electron chi connectivity index (χ3n) is 4.21. The van der Waals surface area contributed by atoms with Gasteiger partial charge >= 0.3 is 0 Å². The highest BCUT2D eigenvalue weighted by Gasteiger charge is 2.26. The molecule has 108 valence electrons. The van der Waals surface area contributed by atoms with E-state index in [1.165, 1.54) is 31.2 Å². The summed E-state index contributed by atoms with van der Waals surface area (Å²) in [6.45, 7) is 6.84. The van der Waals surface area contributed by atoms with Crippen molar-refractivity contribution in [2.75, 3.05) is 0 Å². The van der Waals surface area contributed by atoms with E-state index in [4.69, 9.17) is 5.84 Å². The van der Waals surface area contributed by atoms with E-state index in [2.05, 4.69) is 56.5 Å². The molecular weight excluding hydrogens is 232 g/mol. The third kappa shape index (κ3) is 4.96. The molecule has 1 rings (SSSR count). The summed E-state index contributed by atoms with van der Waals surface area (Å²) < 4.78 is 0. The van der Waals surface area contributed by atoms with Gasteiger partial charge in [0.1, 0.15) is 0 Å². The van der Waals surface area contributed by atoms with E-state index in [9.17, 15) is 0 Å². The predicted octanol–water partition coefficient (Wildman–Crippen LogP) is 4.23. The van der Waals surface area contributed by atoms with E-state index in [0.717, 1.165) is 6.42 Å². The van der Waals surface area contributed by atoms with E-state index >= 15 is 0 Å². The maximum atomic E-state index is 5.84. The van der Waals surface area contributed by atoms with Crippen LogP contribution in [0.1, 0.15) is 64.4 Å². The molecule has 1 aromatic carbocycles. The van der Waals surface area contributed by atoms with Crippen LogP contribution in [0.3, 0.4) is 0 Å². The van der Waals surface area contributed by atoms with Gasteiger partial charge in [0, 0.05) is 12.0 Å². The minimum absolute atomic E-state index is 0.379. The van der Waals surface area contributed by atoms with Crippen LogP contribution in [0.4, 0.5) is 0 Å². The van der Waals surface area contributed by atoms with Gasteiger partial charge in [0.25, 0.3) is 0 Å². The van der Waals surface area contributed by atoms with Gasteiger partial charge in [-0.15, -0.1) is 0 Å². The van der Waals surface area contributed by atoms with E-state index < -0.39 is 0 Å². The van der Waals surface area contributed by atoms with Gasteiger partial charge < -0.3 is 0 Å². The molecule has 0 bridgehead atoms. The molecule has 2 heteroatoms. The van der Waals surface area contributed by atoms with Gasteiger partial charge in [0.2, 0.25) is 0 Å². The Kier molecular flexibility index (Phi) is 7.76. The Hall–Kier alpha value is -0.860. The molecule has 2 nitrogen and oxygen atoms in total. The molecule has 3 atom stereocenters. The van der Waals surface area contributed by atoms with Crippen LogP contribution in [0.15, 0.2) is 30.3 Å². The van der Waals surface area contributed by atoms with E-state index in [0.29, 0.717) is 17.9 Å². The van der Waals surface area contributed by atoms with Crippen LogP contribution in [0, 0.1) is 5.92 Å². The fourth-order valence-electron chi connectivity index (χ4n) is 2.87. The zero-order valence-electron chi connectivity index (χ0n) is 12.7. The van der Waals surface area contributed by atoms with Gasteiger partial charge in [-0.05, 0) is 17.9 Å². The predicted molar refractivity (Wildman–Crippen MR) is 83.9 cm³/mol. The van der Waals surface area contributed by atoms with Crippen molar-refractivity contribution in [2.45, 2.75) is 64.8 Å². The largest absolute Gasteiger partial charge is 0.271 e. The summed E-state index contributed by atoms with van der Waals surface area (Å²) in [5.74, 6) is 6.99. The van der Waals surface area contributed by atoms with Crippen LogP contribution in [0.25, 0.3) is 0 Å². The first-order valence-corrected chi connectivity index (χ1v) is 7.75. The summed E-state index contributed by atoms with van der Waals surface area (Å²) in [6.07, 6.45) is 6.15. The Labute approximate surface area is 118 Å². The number of rotatable bonds is 9. The Morgan fingerprint density at radius 3 is 2.32 bits per heavy atom. The lowest BCUT2D eigenvalue weighted by Crippen LogP contribution is -2.42. The summed E-state index contributed by atoms with van der Waals surface area (Å²) in [4.78, 5) is 0. The Morgan fingerprint density at radius 2 is 1.79 bits per heavy atom. The van der Waals surface area contributed by atoms with Crippen molar-refractivity contribution in [1.82, 2.24) is 5.43 Å². The Morgan fingerprint density at radius 1 is 1.11 bits per heavy atom.